The number of ether oxygens (including phenoxy) is 3. The monoisotopic (exact) mass is 457 g/mol. The van der Waals surface area contributed by atoms with Gasteiger partial charge >= 0.3 is 12.2 Å². The van der Waals surface area contributed by atoms with Crippen molar-refractivity contribution in [2.24, 2.45) is 0 Å². The second-order valence-corrected chi connectivity index (χ2v) is 9.20. The van der Waals surface area contributed by atoms with E-state index in [2.05, 4.69) is 16.0 Å². The minimum atomic E-state index is -0.665. The molecule has 0 radical (unpaired) electrons. The van der Waals surface area contributed by atoms with Crippen molar-refractivity contribution >= 4 is 35.2 Å². The minimum Gasteiger partial charge on any atom is -0.495 e. The van der Waals surface area contributed by atoms with E-state index in [0.29, 0.717) is 28.4 Å². The third-order valence-electron chi connectivity index (χ3n) is 3.86. The normalized spacial score (nSPS) is 11.2. The molecule has 9 heteroatoms. The molecule has 2 aromatic carbocycles. The van der Waals surface area contributed by atoms with Gasteiger partial charge in [0.2, 0.25) is 0 Å². The van der Waals surface area contributed by atoms with Crippen LogP contribution in [0, 0.1) is 0 Å². The van der Waals surface area contributed by atoms with Crippen LogP contribution in [0.5, 0.6) is 5.75 Å². The highest BCUT2D eigenvalue weighted by Crippen LogP contribution is 2.29. The Balaban J connectivity index is 2.13. The summed E-state index contributed by atoms with van der Waals surface area (Å²) < 4.78 is 15.8. The fourth-order valence-corrected chi connectivity index (χ4v) is 2.66. The molecule has 33 heavy (non-hydrogen) atoms. The Morgan fingerprint density at radius 2 is 1.30 bits per heavy atom. The molecule has 178 valence electrons. The zero-order valence-corrected chi connectivity index (χ0v) is 20.0. The number of nitrogens with one attached hydrogen (secondary N) is 3. The smallest absolute Gasteiger partial charge is 0.412 e. The summed E-state index contributed by atoms with van der Waals surface area (Å²) >= 11 is 0. The van der Waals surface area contributed by atoms with E-state index in [0.717, 1.165) is 0 Å². The molecule has 0 bridgehead atoms. The first-order valence-electron chi connectivity index (χ1n) is 10.4. The molecule has 3 amide bonds. The molecule has 0 aliphatic heterocycles. The van der Waals surface area contributed by atoms with Crippen LogP contribution < -0.4 is 20.7 Å². The molecule has 0 heterocycles. The first kappa shape index (κ1) is 25.5. The number of methoxy groups -OCH3 is 1. The topological polar surface area (TPSA) is 115 Å². The zero-order chi connectivity index (χ0) is 24.8. The molecule has 0 aromatic heterocycles. The van der Waals surface area contributed by atoms with Crippen molar-refractivity contribution in [3.63, 3.8) is 0 Å². The van der Waals surface area contributed by atoms with Crippen LogP contribution in [0.15, 0.2) is 42.5 Å². The second-order valence-electron chi connectivity index (χ2n) is 9.20. The number of hydrogen-bond donors (Lipinski definition) is 3. The van der Waals surface area contributed by atoms with E-state index < -0.39 is 29.3 Å². The highest BCUT2D eigenvalue weighted by Gasteiger charge is 2.19. The largest absolute Gasteiger partial charge is 0.495 e. The molecule has 9 nitrogen and oxygen atoms in total. The Morgan fingerprint density at radius 1 is 0.727 bits per heavy atom. The van der Waals surface area contributed by atoms with Crippen LogP contribution >= 0.6 is 0 Å². The highest BCUT2D eigenvalue weighted by molar-refractivity contribution is 6.05. The molecule has 0 unspecified atom stereocenters. The molecular weight excluding hydrogens is 426 g/mol. The lowest BCUT2D eigenvalue weighted by Crippen LogP contribution is -2.27. The van der Waals surface area contributed by atoms with E-state index in [9.17, 15) is 14.4 Å². The van der Waals surface area contributed by atoms with Gasteiger partial charge in [-0.3, -0.25) is 15.4 Å². The predicted octanol–water partition coefficient (Wildman–Crippen LogP) is 5.64. The molecular formula is C24H31N3O6. The zero-order valence-electron chi connectivity index (χ0n) is 20.0. The maximum Gasteiger partial charge on any atom is 0.412 e. The highest BCUT2D eigenvalue weighted by atomic mass is 16.6. The molecule has 0 fully saturated rings. The van der Waals surface area contributed by atoms with Crippen LogP contribution in [0.4, 0.5) is 26.7 Å². The van der Waals surface area contributed by atoms with Crippen molar-refractivity contribution < 1.29 is 28.6 Å². The third-order valence-corrected chi connectivity index (χ3v) is 3.86. The second kappa shape index (κ2) is 10.2. The molecule has 0 aliphatic rings. The van der Waals surface area contributed by atoms with Gasteiger partial charge in [0.05, 0.1) is 12.8 Å². The summed E-state index contributed by atoms with van der Waals surface area (Å²) in [5, 5.41) is 7.98. The van der Waals surface area contributed by atoms with Crippen LogP contribution in [0.1, 0.15) is 51.9 Å². The molecule has 0 saturated heterocycles. The van der Waals surface area contributed by atoms with E-state index in [-0.39, 0.29) is 0 Å². The molecule has 0 aliphatic carbocycles. The van der Waals surface area contributed by atoms with Crippen LogP contribution in [-0.2, 0) is 9.47 Å². The molecule has 0 saturated carbocycles. The molecule has 2 rings (SSSR count). The average Bonchev–Trinajstić information content (AvgIpc) is 2.65. The Hall–Kier alpha value is -3.75. The number of hydrogen-bond acceptors (Lipinski definition) is 6. The predicted molar refractivity (Wildman–Crippen MR) is 127 cm³/mol. The van der Waals surface area contributed by atoms with E-state index in [1.54, 1.807) is 77.9 Å². The fourth-order valence-electron chi connectivity index (χ4n) is 2.66. The maximum absolute atomic E-state index is 12.8. The summed E-state index contributed by atoms with van der Waals surface area (Å²) in [5.41, 5.74) is 0.196. The number of carbonyl (C=O) groups is 3. The quantitative estimate of drug-likeness (QED) is 0.535. The van der Waals surface area contributed by atoms with Crippen molar-refractivity contribution in [1.82, 2.24) is 0 Å². The number of anilines is 3. The fraction of sp³-hybridized carbons (Fsp3) is 0.375. The molecule has 0 spiro atoms. The lowest BCUT2D eigenvalue weighted by molar-refractivity contribution is 0.0624. The molecule has 2 aromatic rings. The lowest BCUT2D eigenvalue weighted by Gasteiger charge is -2.20. The number of rotatable bonds is 5. The van der Waals surface area contributed by atoms with E-state index in [1.807, 2.05) is 0 Å². The van der Waals surface area contributed by atoms with Gasteiger partial charge in [-0.2, -0.15) is 0 Å². The summed E-state index contributed by atoms with van der Waals surface area (Å²) in [6.07, 6.45) is -1.27. The summed E-state index contributed by atoms with van der Waals surface area (Å²) in [6.45, 7) is 10.6. The van der Waals surface area contributed by atoms with Crippen molar-refractivity contribution in [2.75, 3.05) is 23.1 Å². The number of carbonyl (C=O) groups excluding carboxylic acids is 3. The standard InChI is InChI=1S/C24H31N3O6/c1-23(2,3)32-21(29)26-16-10-8-9-15(13-16)20(28)25-17-11-12-19(31-7)18(14-17)27-22(30)33-24(4,5)6/h8-14H,1-7H3,(H,25,28)(H,26,29)(H,27,30). The molecule has 3 N–H and O–H groups in total. The Morgan fingerprint density at radius 3 is 1.88 bits per heavy atom. The van der Waals surface area contributed by atoms with Gasteiger partial charge in [-0.25, -0.2) is 9.59 Å². The van der Waals surface area contributed by atoms with Gasteiger partial charge in [-0.05, 0) is 77.9 Å². The Labute approximate surface area is 193 Å². The van der Waals surface area contributed by atoms with Gasteiger partial charge in [-0.15, -0.1) is 0 Å². The van der Waals surface area contributed by atoms with Crippen LogP contribution in [0.25, 0.3) is 0 Å². The van der Waals surface area contributed by atoms with Gasteiger partial charge in [0.25, 0.3) is 5.91 Å². The van der Waals surface area contributed by atoms with Crippen LogP contribution in [0.3, 0.4) is 0 Å². The van der Waals surface area contributed by atoms with Gasteiger partial charge in [-0.1, -0.05) is 6.07 Å². The van der Waals surface area contributed by atoms with E-state index in [4.69, 9.17) is 14.2 Å². The van der Waals surface area contributed by atoms with Crippen LogP contribution in [0.2, 0.25) is 0 Å². The van der Waals surface area contributed by atoms with E-state index in [1.165, 1.54) is 13.2 Å². The summed E-state index contributed by atoms with van der Waals surface area (Å²) in [4.78, 5) is 36.9. The first-order valence-corrected chi connectivity index (χ1v) is 10.4. The summed E-state index contributed by atoms with van der Waals surface area (Å²) in [6, 6.07) is 11.2. The maximum atomic E-state index is 12.8. The van der Waals surface area contributed by atoms with Gasteiger partial charge in [0.15, 0.2) is 0 Å². The minimum absolute atomic E-state index is 0.320. The van der Waals surface area contributed by atoms with Crippen molar-refractivity contribution in [2.45, 2.75) is 52.7 Å². The van der Waals surface area contributed by atoms with Gasteiger partial charge < -0.3 is 19.5 Å². The summed E-state index contributed by atoms with van der Waals surface area (Å²) in [7, 11) is 1.47. The van der Waals surface area contributed by atoms with Crippen molar-refractivity contribution in [1.29, 1.82) is 0 Å². The number of benzene rings is 2. The van der Waals surface area contributed by atoms with Crippen molar-refractivity contribution in [3.05, 3.63) is 48.0 Å². The molecule has 0 atom stereocenters. The van der Waals surface area contributed by atoms with Gasteiger partial charge in [0, 0.05) is 16.9 Å². The van der Waals surface area contributed by atoms with Gasteiger partial charge in [0.1, 0.15) is 17.0 Å². The van der Waals surface area contributed by atoms with Crippen molar-refractivity contribution in [3.8, 4) is 5.75 Å². The average molecular weight is 458 g/mol. The first-order chi connectivity index (χ1) is 15.3. The summed E-state index contributed by atoms with van der Waals surface area (Å²) in [5.74, 6) is -0.00126. The SMILES string of the molecule is COc1ccc(NC(=O)c2cccc(NC(=O)OC(C)(C)C)c2)cc1NC(=O)OC(C)(C)C. The third kappa shape index (κ3) is 8.72. The lowest BCUT2D eigenvalue weighted by atomic mass is 10.1. The Bertz CT molecular complexity index is 1020. The van der Waals surface area contributed by atoms with Crippen LogP contribution in [-0.4, -0.2) is 36.4 Å². The number of amides is 3. The van der Waals surface area contributed by atoms with E-state index >= 15 is 0 Å². The Kier molecular flexibility index (Phi) is 7.92.